The summed E-state index contributed by atoms with van der Waals surface area (Å²) in [6.45, 7) is 0.824. The summed E-state index contributed by atoms with van der Waals surface area (Å²) >= 11 is 5.90. The van der Waals surface area contributed by atoms with Crippen LogP contribution in [-0.2, 0) is 16.3 Å². The number of halogens is 1. The molecule has 1 aromatic carbocycles. The molecule has 0 saturated carbocycles. The molecule has 0 N–H and O–H groups in total. The van der Waals surface area contributed by atoms with E-state index >= 15 is 0 Å². The Kier molecular flexibility index (Phi) is 4.91. The molecule has 0 saturated heterocycles. The number of hydrogen-bond acceptors (Lipinski definition) is 7. The van der Waals surface area contributed by atoms with Crippen LogP contribution in [0.25, 0.3) is 0 Å². The maximum Gasteiger partial charge on any atom is 0.304 e. The van der Waals surface area contributed by atoms with Gasteiger partial charge in [0.2, 0.25) is 0 Å². The van der Waals surface area contributed by atoms with Crippen molar-refractivity contribution in [3.8, 4) is 11.5 Å². The number of aromatic nitrogens is 2. The predicted octanol–water partition coefficient (Wildman–Crippen LogP) is 2.12. The average molecular weight is 340 g/mol. The highest BCUT2D eigenvalue weighted by atomic mass is 35.5. The zero-order chi connectivity index (χ0) is 17.0. The molecule has 0 aliphatic carbocycles. The second-order valence-corrected chi connectivity index (χ2v) is 4.62. The molecule has 23 heavy (non-hydrogen) atoms. The van der Waals surface area contributed by atoms with Gasteiger partial charge in [0.25, 0.3) is 11.2 Å². The Morgan fingerprint density at radius 2 is 2.04 bits per heavy atom. The molecule has 0 unspecified atom stereocenters. The van der Waals surface area contributed by atoms with Crippen molar-refractivity contribution in [2.24, 2.45) is 0 Å². The summed E-state index contributed by atoms with van der Waals surface area (Å²) in [7, 11) is 0. The molecular formula is C13H10ClN3O6. The van der Waals surface area contributed by atoms with Crippen molar-refractivity contribution in [3.63, 3.8) is 0 Å². The van der Waals surface area contributed by atoms with Crippen molar-refractivity contribution in [3.05, 3.63) is 56.0 Å². The highest BCUT2D eigenvalue weighted by molar-refractivity contribution is 6.31. The Morgan fingerprint density at radius 3 is 2.61 bits per heavy atom. The van der Waals surface area contributed by atoms with Gasteiger partial charge in [-0.3, -0.25) is 19.7 Å². The Labute approximate surface area is 134 Å². The van der Waals surface area contributed by atoms with E-state index in [0.717, 1.165) is 4.68 Å². The van der Waals surface area contributed by atoms with E-state index in [4.69, 9.17) is 16.3 Å². The Balaban J connectivity index is 2.20. The molecule has 0 amide bonds. The number of non-ortho nitro benzene ring substituents is 1. The number of nitro groups is 1. The summed E-state index contributed by atoms with van der Waals surface area (Å²) in [6, 6.07) is 5.22. The summed E-state index contributed by atoms with van der Waals surface area (Å²) in [5.41, 5.74) is -0.800. The van der Waals surface area contributed by atoms with Gasteiger partial charge in [-0.05, 0) is 12.1 Å². The van der Waals surface area contributed by atoms with Gasteiger partial charge in [0, 0.05) is 19.1 Å². The van der Waals surface area contributed by atoms with Crippen LogP contribution in [0.1, 0.15) is 6.92 Å². The van der Waals surface area contributed by atoms with Crippen LogP contribution in [0.2, 0.25) is 5.02 Å². The van der Waals surface area contributed by atoms with Crippen molar-refractivity contribution in [1.82, 2.24) is 9.78 Å². The van der Waals surface area contributed by atoms with Gasteiger partial charge in [0.1, 0.15) is 5.75 Å². The van der Waals surface area contributed by atoms with Crippen LogP contribution in [0, 0.1) is 10.1 Å². The average Bonchev–Trinajstić information content (AvgIpc) is 2.51. The summed E-state index contributed by atoms with van der Waals surface area (Å²) in [5, 5.41) is 14.1. The van der Waals surface area contributed by atoms with E-state index in [0.29, 0.717) is 0 Å². The quantitative estimate of drug-likeness (QED) is 0.465. The number of rotatable bonds is 5. The molecule has 1 heterocycles. The molecular weight excluding hydrogens is 330 g/mol. The monoisotopic (exact) mass is 339 g/mol. The first-order chi connectivity index (χ1) is 10.9. The van der Waals surface area contributed by atoms with Gasteiger partial charge >= 0.3 is 5.97 Å². The van der Waals surface area contributed by atoms with E-state index in [2.05, 4.69) is 9.84 Å². The minimum absolute atomic E-state index is 0.0235. The van der Waals surface area contributed by atoms with Crippen molar-refractivity contribution in [1.29, 1.82) is 0 Å². The molecule has 1 aromatic heterocycles. The van der Waals surface area contributed by atoms with Gasteiger partial charge in [0.15, 0.2) is 17.5 Å². The first-order valence-corrected chi connectivity index (χ1v) is 6.57. The van der Waals surface area contributed by atoms with Crippen molar-refractivity contribution in [2.75, 3.05) is 0 Å². The topological polar surface area (TPSA) is 114 Å². The Bertz CT molecular complexity index is 802. The lowest BCUT2D eigenvalue weighted by atomic mass is 10.3. The van der Waals surface area contributed by atoms with Gasteiger partial charge in [-0.1, -0.05) is 11.6 Å². The lowest BCUT2D eigenvalue weighted by molar-refractivity contribution is -0.384. The lowest BCUT2D eigenvalue weighted by Gasteiger charge is -2.09. The molecule has 9 nitrogen and oxygen atoms in total. The summed E-state index contributed by atoms with van der Waals surface area (Å²) in [4.78, 5) is 32.7. The molecule has 120 valence electrons. The van der Waals surface area contributed by atoms with Gasteiger partial charge in [0.05, 0.1) is 11.1 Å². The van der Waals surface area contributed by atoms with Crippen molar-refractivity contribution in [2.45, 2.75) is 13.7 Å². The number of hydrogen-bond donors (Lipinski definition) is 0. The van der Waals surface area contributed by atoms with E-state index in [1.165, 1.54) is 37.4 Å². The zero-order valence-electron chi connectivity index (χ0n) is 11.8. The summed E-state index contributed by atoms with van der Waals surface area (Å²) < 4.78 is 10.9. The molecule has 0 bridgehead atoms. The second kappa shape index (κ2) is 6.88. The highest BCUT2D eigenvalue weighted by Crippen LogP contribution is 2.27. The maximum absolute atomic E-state index is 11.9. The first-order valence-electron chi connectivity index (χ1n) is 6.20. The van der Waals surface area contributed by atoms with Crippen LogP contribution in [0.15, 0.2) is 35.3 Å². The maximum atomic E-state index is 11.9. The zero-order valence-corrected chi connectivity index (χ0v) is 12.5. The molecule has 10 heteroatoms. The minimum Gasteiger partial charge on any atom is -0.454 e. The number of carbonyl (C=O) groups is 1. The number of ether oxygens (including phenoxy) is 2. The smallest absolute Gasteiger partial charge is 0.304 e. The second-order valence-electron chi connectivity index (χ2n) is 4.25. The lowest BCUT2D eigenvalue weighted by Crippen LogP contribution is -2.25. The van der Waals surface area contributed by atoms with Crippen LogP contribution < -0.4 is 10.3 Å². The fourth-order valence-electron chi connectivity index (χ4n) is 1.53. The third kappa shape index (κ3) is 4.04. The molecule has 2 aromatic rings. The molecule has 0 spiro atoms. The fourth-order valence-corrected chi connectivity index (χ4v) is 1.71. The molecule has 0 aliphatic heterocycles. The highest BCUT2D eigenvalue weighted by Gasteiger charge is 2.13. The number of esters is 1. The van der Waals surface area contributed by atoms with Gasteiger partial charge in [-0.25, -0.2) is 0 Å². The van der Waals surface area contributed by atoms with E-state index in [9.17, 15) is 19.7 Å². The van der Waals surface area contributed by atoms with Crippen LogP contribution in [0.3, 0.4) is 0 Å². The normalized spacial score (nSPS) is 10.2. The predicted molar refractivity (Wildman–Crippen MR) is 78.4 cm³/mol. The number of nitrogens with zero attached hydrogens (tertiary/aromatic N) is 3. The molecule has 0 fully saturated rings. The van der Waals surface area contributed by atoms with Gasteiger partial charge < -0.3 is 9.47 Å². The third-order valence-corrected chi connectivity index (χ3v) is 2.97. The summed E-state index contributed by atoms with van der Waals surface area (Å²) in [6.07, 6.45) is 1.18. The standard InChI is InChI=1S/C13H10ClN3O6/c1-8(18)22-7-16-13(19)12(14)11(6-15-16)23-10-4-2-9(3-5-10)17(20)21/h2-6H,7H2,1H3. The van der Waals surface area contributed by atoms with E-state index in [1.54, 1.807) is 0 Å². The largest absolute Gasteiger partial charge is 0.454 e. The number of nitro benzene ring substituents is 1. The van der Waals surface area contributed by atoms with Crippen molar-refractivity contribution < 1.29 is 19.2 Å². The minimum atomic E-state index is -0.702. The van der Waals surface area contributed by atoms with E-state index < -0.39 is 16.5 Å². The van der Waals surface area contributed by atoms with Gasteiger partial charge in [-0.2, -0.15) is 9.78 Å². The molecule has 0 radical (unpaired) electrons. The van der Waals surface area contributed by atoms with Crippen molar-refractivity contribution >= 4 is 23.3 Å². The van der Waals surface area contributed by atoms with Crippen LogP contribution in [-0.4, -0.2) is 20.7 Å². The Morgan fingerprint density at radius 1 is 1.39 bits per heavy atom. The molecule has 0 atom stereocenters. The fraction of sp³-hybridized carbons (Fsp3) is 0.154. The summed E-state index contributed by atoms with van der Waals surface area (Å²) in [5.74, 6) is -0.345. The first kappa shape index (κ1) is 16.4. The van der Waals surface area contributed by atoms with E-state index in [1.807, 2.05) is 0 Å². The van der Waals surface area contributed by atoms with Crippen LogP contribution in [0.4, 0.5) is 5.69 Å². The van der Waals surface area contributed by atoms with Gasteiger partial charge in [-0.15, -0.1) is 0 Å². The number of carbonyl (C=O) groups excluding carboxylic acids is 1. The van der Waals surface area contributed by atoms with E-state index in [-0.39, 0.29) is 28.9 Å². The molecule has 0 aliphatic rings. The van der Waals surface area contributed by atoms with Crippen LogP contribution in [0.5, 0.6) is 11.5 Å². The van der Waals surface area contributed by atoms with Crippen LogP contribution >= 0.6 is 11.6 Å². The molecule has 2 rings (SSSR count). The third-order valence-electron chi connectivity index (χ3n) is 2.62. The Hall–Kier alpha value is -2.94. The number of benzene rings is 1. The SMILES string of the molecule is CC(=O)OCn1ncc(Oc2ccc([N+](=O)[O-])cc2)c(Cl)c1=O.